The van der Waals surface area contributed by atoms with Crippen LogP contribution in [0.5, 0.6) is 0 Å². The van der Waals surface area contributed by atoms with E-state index >= 15 is 4.39 Å². The first-order valence-electron chi connectivity index (χ1n) is 10.9. The molecule has 0 unspecified atom stereocenters. The van der Waals surface area contributed by atoms with Gasteiger partial charge in [-0.25, -0.2) is 13.9 Å². The van der Waals surface area contributed by atoms with E-state index in [1.165, 1.54) is 12.3 Å². The number of amides is 1. The van der Waals surface area contributed by atoms with Crippen molar-refractivity contribution < 1.29 is 19.1 Å². The third kappa shape index (κ3) is 3.79. The largest absolute Gasteiger partial charge is 0.478 e. The summed E-state index contributed by atoms with van der Waals surface area (Å²) in [5, 5.41) is 13.8. The highest BCUT2D eigenvalue weighted by atomic mass is 19.1. The molecule has 7 heteroatoms. The van der Waals surface area contributed by atoms with Gasteiger partial charge in [-0.05, 0) is 55.4 Å². The molecule has 32 heavy (non-hydrogen) atoms. The molecule has 0 radical (unpaired) electrons. The summed E-state index contributed by atoms with van der Waals surface area (Å²) >= 11 is 0. The number of rotatable bonds is 7. The van der Waals surface area contributed by atoms with E-state index in [4.69, 9.17) is 0 Å². The van der Waals surface area contributed by atoms with E-state index < -0.39 is 11.8 Å². The molecule has 1 N–H and O–H groups in total. The minimum atomic E-state index is -0.998. The fraction of sp³-hybridized carbons (Fsp3) is 0.320. The van der Waals surface area contributed by atoms with Gasteiger partial charge in [-0.1, -0.05) is 24.3 Å². The van der Waals surface area contributed by atoms with Gasteiger partial charge in [0.1, 0.15) is 11.4 Å². The van der Waals surface area contributed by atoms with Crippen molar-refractivity contribution >= 4 is 11.9 Å². The topological polar surface area (TPSA) is 75.4 Å². The van der Waals surface area contributed by atoms with Gasteiger partial charge in [0.05, 0.1) is 23.1 Å². The van der Waals surface area contributed by atoms with Gasteiger partial charge >= 0.3 is 5.97 Å². The minimum Gasteiger partial charge on any atom is -0.478 e. The molecule has 2 fully saturated rings. The summed E-state index contributed by atoms with van der Waals surface area (Å²) < 4.78 is 17.1. The molecule has 1 heterocycles. The van der Waals surface area contributed by atoms with Gasteiger partial charge in [0.15, 0.2) is 0 Å². The summed E-state index contributed by atoms with van der Waals surface area (Å²) in [6.07, 6.45) is 5.47. The summed E-state index contributed by atoms with van der Waals surface area (Å²) in [5.41, 5.74) is 2.54. The van der Waals surface area contributed by atoms with Crippen LogP contribution < -0.4 is 0 Å². The van der Waals surface area contributed by atoms with Crippen molar-refractivity contribution in [2.45, 2.75) is 31.6 Å². The maximum absolute atomic E-state index is 15.4. The first-order chi connectivity index (χ1) is 15.4. The van der Waals surface area contributed by atoms with Crippen LogP contribution in [-0.2, 0) is 0 Å². The zero-order valence-electron chi connectivity index (χ0n) is 17.8. The van der Waals surface area contributed by atoms with Gasteiger partial charge in [0.25, 0.3) is 5.91 Å². The van der Waals surface area contributed by atoms with Crippen LogP contribution >= 0.6 is 0 Å². The Kier molecular flexibility index (Phi) is 5.04. The predicted molar refractivity (Wildman–Crippen MR) is 118 cm³/mol. The molecule has 2 aliphatic rings. The Labute approximate surface area is 185 Å². The van der Waals surface area contributed by atoms with Crippen LogP contribution in [0.1, 0.15) is 58.0 Å². The second-order valence-corrected chi connectivity index (χ2v) is 8.78. The van der Waals surface area contributed by atoms with E-state index in [0.717, 1.165) is 25.7 Å². The Hall–Kier alpha value is -3.48. The lowest BCUT2D eigenvalue weighted by atomic mass is 10.0. The Morgan fingerprint density at radius 1 is 1.12 bits per heavy atom. The molecule has 1 amide bonds. The highest BCUT2D eigenvalue weighted by molar-refractivity contribution is 5.96. The number of halogens is 1. The van der Waals surface area contributed by atoms with Crippen molar-refractivity contribution in [3.63, 3.8) is 0 Å². The quantitative estimate of drug-likeness (QED) is 0.584. The molecule has 0 bridgehead atoms. The fourth-order valence-electron chi connectivity index (χ4n) is 4.18. The summed E-state index contributed by atoms with van der Waals surface area (Å²) in [4.78, 5) is 26.0. The molecule has 1 aromatic heterocycles. The standard InChI is InChI=1S/C25H24FN3O3/c1-28(14-15-8-9-15)24(30)20-7-3-6-19(22(20)26)17-4-2-5-18(12-17)29-23(16-10-11-16)21(13-27-29)25(31)32/h2-7,12-13,15-16H,8-11,14H2,1H3,(H,31,32). The number of carboxylic acids is 1. The number of hydrogen-bond acceptors (Lipinski definition) is 3. The van der Waals surface area contributed by atoms with Crippen molar-refractivity contribution in [1.82, 2.24) is 14.7 Å². The Balaban J connectivity index is 1.51. The number of aromatic nitrogens is 2. The van der Waals surface area contributed by atoms with Crippen molar-refractivity contribution in [2.75, 3.05) is 13.6 Å². The number of carbonyl (C=O) groups is 2. The van der Waals surface area contributed by atoms with E-state index in [1.807, 2.05) is 6.07 Å². The van der Waals surface area contributed by atoms with Crippen LogP contribution in [0.15, 0.2) is 48.7 Å². The number of carbonyl (C=O) groups excluding carboxylic acids is 1. The average Bonchev–Trinajstić information content (AvgIpc) is 3.72. The van der Waals surface area contributed by atoms with Gasteiger partial charge in [0, 0.05) is 25.1 Å². The Morgan fingerprint density at radius 3 is 2.56 bits per heavy atom. The molecule has 0 atom stereocenters. The highest BCUT2D eigenvalue weighted by Crippen LogP contribution is 2.42. The van der Waals surface area contributed by atoms with Crippen molar-refractivity contribution in [3.8, 4) is 16.8 Å². The molecule has 0 spiro atoms. The fourth-order valence-corrected chi connectivity index (χ4v) is 4.18. The number of benzene rings is 2. The smallest absolute Gasteiger partial charge is 0.339 e. The van der Waals surface area contributed by atoms with Crippen LogP contribution in [0.2, 0.25) is 0 Å². The van der Waals surface area contributed by atoms with Gasteiger partial charge in [-0.3, -0.25) is 4.79 Å². The molecule has 0 saturated heterocycles. The van der Waals surface area contributed by atoms with Gasteiger partial charge < -0.3 is 10.0 Å². The number of nitrogens with zero attached hydrogens (tertiary/aromatic N) is 3. The maximum Gasteiger partial charge on any atom is 0.339 e. The predicted octanol–water partition coefficient (Wildman–Crippen LogP) is 4.74. The molecule has 2 saturated carbocycles. The third-order valence-electron chi connectivity index (χ3n) is 6.21. The van der Waals surface area contributed by atoms with Crippen molar-refractivity contribution in [2.24, 2.45) is 5.92 Å². The van der Waals surface area contributed by atoms with E-state index in [0.29, 0.717) is 35.0 Å². The van der Waals surface area contributed by atoms with E-state index in [2.05, 4.69) is 5.10 Å². The van der Waals surface area contributed by atoms with Crippen LogP contribution in [0.25, 0.3) is 16.8 Å². The zero-order valence-corrected chi connectivity index (χ0v) is 17.8. The first-order valence-corrected chi connectivity index (χ1v) is 10.9. The summed E-state index contributed by atoms with van der Waals surface area (Å²) in [5.74, 6) is -1.17. The number of hydrogen-bond donors (Lipinski definition) is 1. The summed E-state index contributed by atoms with van der Waals surface area (Å²) in [6, 6.07) is 12.0. The maximum atomic E-state index is 15.4. The molecule has 3 aromatic rings. The SMILES string of the molecule is CN(CC1CC1)C(=O)c1cccc(-c2cccc(-n3ncc(C(=O)O)c3C3CC3)c2)c1F. The molecule has 2 aromatic carbocycles. The molecule has 0 aliphatic heterocycles. The lowest BCUT2D eigenvalue weighted by Crippen LogP contribution is -2.29. The Bertz CT molecular complexity index is 1210. The third-order valence-corrected chi connectivity index (χ3v) is 6.21. The van der Waals surface area contributed by atoms with Crippen LogP contribution in [0, 0.1) is 11.7 Å². The van der Waals surface area contributed by atoms with Crippen LogP contribution in [0.4, 0.5) is 4.39 Å². The molecule has 6 nitrogen and oxygen atoms in total. The molecular formula is C25H24FN3O3. The van der Waals surface area contributed by atoms with Gasteiger partial charge in [-0.2, -0.15) is 5.10 Å². The highest BCUT2D eigenvalue weighted by Gasteiger charge is 2.33. The van der Waals surface area contributed by atoms with E-state index in [9.17, 15) is 14.7 Å². The molecular weight excluding hydrogens is 409 g/mol. The van der Waals surface area contributed by atoms with Crippen molar-refractivity contribution in [1.29, 1.82) is 0 Å². The first kappa shape index (κ1) is 20.4. The average molecular weight is 433 g/mol. The normalized spacial score (nSPS) is 15.6. The molecule has 164 valence electrons. The zero-order chi connectivity index (χ0) is 22.4. The number of aromatic carboxylic acids is 1. The molecule has 2 aliphatic carbocycles. The summed E-state index contributed by atoms with van der Waals surface area (Å²) in [7, 11) is 1.71. The second-order valence-electron chi connectivity index (χ2n) is 8.78. The van der Waals surface area contributed by atoms with Gasteiger partial charge in [-0.15, -0.1) is 0 Å². The minimum absolute atomic E-state index is 0.0574. The molecule has 5 rings (SSSR count). The lowest BCUT2D eigenvalue weighted by Gasteiger charge is -2.18. The monoisotopic (exact) mass is 433 g/mol. The van der Waals surface area contributed by atoms with Crippen molar-refractivity contribution in [3.05, 3.63) is 71.3 Å². The second kappa shape index (κ2) is 7.89. The Morgan fingerprint density at radius 2 is 1.88 bits per heavy atom. The van der Waals surface area contributed by atoms with E-state index in [-0.39, 0.29) is 23.0 Å². The lowest BCUT2D eigenvalue weighted by molar-refractivity contribution is 0.0694. The van der Waals surface area contributed by atoms with Crippen LogP contribution in [0.3, 0.4) is 0 Å². The summed E-state index contributed by atoms with van der Waals surface area (Å²) in [6.45, 7) is 0.646. The number of carboxylic acid groups (broad SMARTS) is 1. The van der Waals surface area contributed by atoms with Gasteiger partial charge in [0.2, 0.25) is 0 Å². The van der Waals surface area contributed by atoms with Crippen LogP contribution in [-0.4, -0.2) is 45.3 Å². The van der Waals surface area contributed by atoms with E-state index in [1.54, 1.807) is 47.0 Å².